The molecule has 2 unspecified atom stereocenters. The molecule has 0 aromatic heterocycles. The van der Waals surface area contributed by atoms with Crippen LogP contribution in [0.3, 0.4) is 0 Å². The highest BCUT2D eigenvalue weighted by atomic mass is 16.2. The fourth-order valence-electron chi connectivity index (χ4n) is 2.99. The first-order valence-corrected chi connectivity index (χ1v) is 7.22. The fourth-order valence-corrected chi connectivity index (χ4v) is 2.99. The molecule has 1 aliphatic carbocycles. The van der Waals surface area contributed by atoms with Crippen molar-refractivity contribution in [2.75, 3.05) is 13.1 Å². The Morgan fingerprint density at radius 1 is 1.33 bits per heavy atom. The zero-order valence-electron chi connectivity index (χ0n) is 11.3. The molecule has 2 atom stereocenters. The van der Waals surface area contributed by atoms with Crippen LogP contribution in [0.1, 0.15) is 51.9 Å². The largest absolute Gasteiger partial charge is 0.352 e. The van der Waals surface area contributed by atoms with Crippen molar-refractivity contribution < 1.29 is 9.59 Å². The van der Waals surface area contributed by atoms with E-state index >= 15 is 0 Å². The van der Waals surface area contributed by atoms with Gasteiger partial charge in [-0.25, -0.2) is 0 Å². The summed E-state index contributed by atoms with van der Waals surface area (Å²) < 4.78 is 0. The van der Waals surface area contributed by atoms with Crippen molar-refractivity contribution in [1.29, 1.82) is 0 Å². The second kappa shape index (κ2) is 6.21. The summed E-state index contributed by atoms with van der Waals surface area (Å²) in [6, 6.07) is 0.328. The van der Waals surface area contributed by atoms with Crippen LogP contribution >= 0.6 is 0 Å². The SMILES string of the molecule is CC1CCC(NC(=O)CN2CCCCCC2=O)C1. The molecule has 0 aromatic carbocycles. The highest BCUT2D eigenvalue weighted by Crippen LogP contribution is 2.24. The zero-order valence-corrected chi connectivity index (χ0v) is 11.3. The Kier molecular flexibility index (Phi) is 4.61. The number of nitrogens with one attached hydrogen (secondary N) is 1. The van der Waals surface area contributed by atoms with Gasteiger partial charge in [0.1, 0.15) is 0 Å². The van der Waals surface area contributed by atoms with E-state index in [1.54, 1.807) is 4.90 Å². The summed E-state index contributed by atoms with van der Waals surface area (Å²) in [6.45, 7) is 3.22. The van der Waals surface area contributed by atoms with Crippen molar-refractivity contribution in [2.24, 2.45) is 5.92 Å². The van der Waals surface area contributed by atoms with Crippen molar-refractivity contribution in [3.63, 3.8) is 0 Å². The van der Waals surface area contributed by atoms with Crippen LogP contribution in [-0.4, -0.2) is 35.8 Å². The fraction of sp³-hybridized carbons (Fsp3) is 0.857. The van der Waals surface area contributed by atoms with Gasteiger partial charge in [-0.3, -0.25) is 9.59 Å². The molecule has 1 heterocycles. The molecule has 4 heteroatoms. The maximum atomic E-state index is 11.9. The Hall–Kier alpha value is -1.06. The lowest BCUT2D eigenvalue weighted by Crippen LogP contribution is -2.43. The molecule has 4 nitrogen and oxygen atoms in total. The van der Waals surface area contributed by atoms with Gasteiger partial charge >= 0.3 is 0 Å². The van der Waals surface area contributed by atoms with E-state index < -0.39 is 0 Å². The van der Waals surface area contributed by atoms with Gasteiger partial charge in [-0.2, -0.15) is 0 Å². The molecular formula is C14H24N2O2. The highest BCUT2D eigenvalue weighted by molar-refractivity contribution is 5.85. The normalized spacial score (nSPS) is 29.2. The molecule has 102 valence electrons. The van der Waals surface area contributed by atoms with Crippen molar-refractivity contribution in [3.8, 4) is 0 Å². The summed E-state index contributed by atoms with van der Waals surface area (Å²) >= 11 is 0. The van der Waals surface area contributed by atoms with Crippen molar-refractivity contribution in [1.82, 2.24) is 10.2 Å². The summed E-state index contributed by atoms with van der Waals surface area (Å²) in [6.07, 6.45) is 7.07. The van der Waals surface area contributed by atoms with Gasteiger partial charge in [0.05, 0.1) is 6.54 Å². The predicted molar refractivity (Wildman–Crippen MR) is 70.0 cm³/mol. The van der Waals surface area contributed by atoms with Gasteiger partial charge in [0, 0.05) is 19.0 Å². The molecule has 2 aliphatic rings. The van der Waals surface area contributed by atoms with Gasteiger partial charge in [0.25, 0.3) is 0 Å². The number of hydrogen-bond donors (Lipinski definition) is 1. The topological polar surface area (TPSA) is 49.4 Å². The van der Waals surface area contributed by atoms with Crippen LogP contribution in [0.15, 0.2) is 0 Å². The second-order valence-corrected chi connectivity index (χ2v) is 5.81. The van der Waals surface area contributed by atoms with Gasteiger partial charge in [-0.1, -0.05) is 13.3 Å². The Bertz CT molecular complexity index is 317. The Labute approximate surface area is 109 Å². The molecular weight excluding hydrogens is 228 g/mol. The van der Waals surface area contributed by atoms with Gasteiger partial charge in [-0.05, 0) is 38.0 Å². The van der Waals surface area contributed by atoms with E-state index in [1.165, 1.54) is 6.42 Å². The third-order valence-electron chi connectivity index (χ3n) is 4.07. The van der Waals surface area contributed by atoms with E-state index in [4.69, 9.17) is 0 Å². The molecule has 0 aromatic rings. The minimum Gasteiger partial charge on any atom is -0.352 e. The number of nitrogens with zero attached hydrogens (tertiary/aromatic N) is 1. The van der Waals surface area contributed by atoms with Crippen LogP contribution in [0.2, 0.25) is 0 Å². The maximum absolute atomic E-state index is 11.9. The Morgan fingerprint density at radius 3 is 2.89 bits per heavy atom. The van der Waals surface area contributed by atoms with E-state index in [-0.39, 0.29) is 18.4 Å². The molecule has 1 saturated carbocycles. The number of hydrogen-bond acceptors (Lipinski definition) is 2. The first-order valence-electron chi connectivity index (χ1n) is 7.22. The number of carbonyl (C=O) groups excluding carboxylic acids is 2. The molecule has 2 fully saturated rings. The summed E-state index contributed by atoms with van der Waals surface area (Å²) in [7, 11) is 0. The Morgan fingerprint density at radius 2 is 2.17 bits per heavy atom. The lowest BCUT2D eigenvalue weighted by Gasteiger charge is -2.21. The minimum atomic E-state index is 0.0179. The number of rotatable bonds is 3. The van der Waals surface area contributed by atoms with Crippen LogP contribution in [-0.2, 0) is 9.59 Å². The van der Waals surface area contributed by atoms with Crippen LogP contribution in [0.25, 0.3) is 0 Å². The molecule has 0 radical (unpaired) electrons. The third kappa shape index (κ3) is 3.72. The molecule has 1 N–H and O–H groups in total. The standard InChI is InChI=1S/C14H24N2O2/c1-11-6-7-12(9-11)15-13(17)10-16-8-4-2-3-5-14(16)18/h11-12H,2-10H2,1H3,(H,15,17). The molecule has 1 saturated heterocycles. The van der Waals surface area contributed by atoms with Crippen molar-refractivity contribution >= 4 is 11.8 Å². The molecule has 0 bridgehead atoms. The van der Waals surface area contributed by atoms with Crippen LogP contribution in [0.4, 0.5) is 0 Å². The average Bonchev–Trinajstić information content (AvgIpc) is 2.61. The van der Waals surface area contributed by atoms with Crippen LogP contribution in [0.5, 0.6) is 0 Å². The highest BCUT2D eigenvalue weighted by Gasteiger charge is 2.24. The lowest BCUT2D eigenvalue weighted by molar-refractivity contribution is -0.135. The van der Waals surface area contributed by atoms with E-state index in [0.717, 1.165) is 44.6 Å². The molecule has 18 heavy (non-hydrogen) atoms. The minimum absolute atomic E-state index is 0.0179. The monoisotopic (exact) mass is 252 g/mol. The Balaban J connectivity index is 1.77. The number of carbonyl (C=O) groups is 2. The average molecular weight is 252 g/mol. The van der Waals surface area contributed by atoms with E-state index in [0.29, 0.717) is 12.5 Å². The van der Waals surface area contributed by atoms with E-state index in [9.17, 15) is 9.59 Å². The molecule has 0 spiro atoms. The van der Waals surface area contributed by atoms with Gasteiger partial charge in [0.2, 0.25) is 11.8 Å². The molecule has 1 aliphatic heterocycles. The maximum Gasteiger partial charge on any atom is 0.239 e. The van der Waals surface area contributed by atoms with Crippen LogP contribution in [0, 0.1) is 5.92 Å². The quantitative estimate of drug-likeness (QED) is 0.831. The van der Waals surface area contributed by atoms with E-state index in [2.05, 4.69) is 12.2 Å². The summed E-state index contributed by atoms with van der Waals surface area (Å²) in [5.41, 5.74) is 0. The van der Waals surface area contributed by atoms with Crippen molar-refractivity contribution in [3.05, 3.63) is 0 Å². The second-order valence-electron chi connectivity index (χ2n) is 5.81. The summed E-state index contributed by atoms with van der Waals surface area (Å²) in [5.74, 6) is 0.877. The van der Waals surface area contributed by atoms with Gasteiger partial charge < -0.3 is 10.2 Å². The number of amides is 2. The predicted octanol–water partition coefficient (Wildman–Crippen LogP) is 1.69. The zero-order chi connectivity index (χ0) is 13.0. The van der Waals surface area contributed by atoms with Crippen molar-refractivity contribution in [2.45, 2.75) is 57.9 Å². The van der Waals surface area contributed by atoms with E-state index in [1.807, 2.05) is 0 Å². The third-order valence-corrected chi connectivity index (χ3v) is 4.07. The first-order chi connectivity index (χ1) is 8.65. The molecule has 2 amide bonds. The van der Waals surface area contributed by atoms with Crippen LogP contribution < -0.4 is 5.32 Å². The summed E-state index contributed by atoms with van der Waals surface area (Å²) in [5, 5.41) is 3.06. The first kappa shape index (κ1) is 13.4. The van der Waals surface area contributed by atoms with Gasteiger partial charge in [-0.15, -0.1) is 0 Å². The number of likely N-dealkylation sites (tertiary alicyclic amines) is 1. The summed E-state index contributed by atoms with van der Waals surface area (Å²) in [4.78, 5) is 25.4. The molecule has 2 rings (SSSR count). The smallest absolute Gasteiger partial charge is 0.239 e. The lowest BCUT2D eigenvalue weighted by atomic mass is 10.1. The van der Waals surface area contributed by atoms with Gasteiger partial charge in [0.15, 0.2) is 0 Å².